The van der Waals surface area contributed by atoms with Crippen molar-refractivity contribution in [3.05, 3.63) is 30.0 Å². The summed E-state index contributed by atoms with van der Waals surface area (Å²) in [7, 11) is 0. The van der Waals surface area contributed by atoms with Gasteiger partial charge in [-0.15, -0.1) is 0 Å². The molecule has 0 aliphatic carbocycles. The molecule has 0 aliphatic rings. The molecule has 21 heavy (non-hydrogen) atoms. The zero-order valence-corrected chi connectivity index (χ0v) is 13.7. The first kappa shape index (κ1) is 15.9. The molecule has 0 saturated heterocycles. The predicted octanol–water partition coefficient (Wildman–Crippen LogP) is 5.72. The van der Waals surface area contributed by atoms with E-state index in [0.29, 0.717) is 5.92 Å². The van der Waals surface area contributed by atoms with Crippen LogP contribution in [0, 0.1) is 5.92 Å². The number of aromatic amines is 1. The lowest BCUT2D eigenvalue weighted by atomic mass is 10.0. The Bertz CT molecular complexity index is 543. The van der Waals surface area contributed by atoms with E-state index in [2.05, 4.69) is 50.2 Å². The maximum atomic E-state index is 6.05. The summed E-state index contributed by atoms with van der Waals surface area (Å²) in [6.45, 7) is 7.58. The summed E-state index contributed by atoms with van der Waals surface area (Å²) in [6.07, 6.45) is 9.48. The number of hydrogen-bond donors (Lipinski definition) is 1. The van der Waals surface area contributed by atoms with Gasteiger partial charge in [0.1, 0.15) is 5.75 Å². The maximum Gasteiger partial charge on any atom is 0.120 e. The lowest BCUT2D eigenvalue weighted by Gasteiger charge is -2.15. The van der Waals surface area contributed by atoms with Crippen molar-refractivity contribution < 1.29 is 4.74 Å². The monoisotopic (exact) mass is 287 g/mol. The Morgan fingerprint density at radius 1 is 1.14 bits per heavy atom. The highest BCUT2D eigenvalue weighted by Gasteiger charge is 2.08. The fraction of sp³-hybridized carbons (Fsp3) is 0.579. The largest absolute Gasteiger partial charge is 0.493 e. The zero-order valence-electron chi connectivity index (χ0n) is 13.7. The zero-order chi connectivity index (χ0) is 15.1. The Morgan fingerprint density at radius 2 is 2.00 bits per heavy atom. The molecule has 0 amide bonds. The highest BCUT2D eigenvalue weighted by Crippen LogP contribution is 2.25. The van der Waals surface area contributed by atoms with Gasteiger partial charge in [0.2, 0.25) is 0 Å². The van der Waals surface area contributed by atoms with E-state index in [1.807, 2.05) is 0 Å². The molecule has 2 rings (SSSR count). The van der Waals surface area contributed by atoms with Crippen molar-refractivity contribution >= 4 is 10.9 Å². The van der Waals surface area contributed by atoms with Crippen LogP contribution in [0.4, 0.5) is 0 Å². The Labute approximate surface area is 128 Å². The molecule has 116 valence electrons. The van der Waals surface area contributed by atoms with Gasteiger partial charge in [0.25, 0.3) is 0 Å². The minimum Gasteiger partial charge on any atom is -0.493 e. The molecule has 2 aromatic rings. The van der Waals surface area contributed by atoms with E-state index in [4.69, 9.17) is 4.74 Å². The van der Waals surface area contributed by atoms with Crippen LogP contribution in [0.25, 0.3) is 10.9 Å². The van der Waals surface area contributed by atoms with Crippen LogP contribution in [0.1, 0.15) is 58.4 Å². The fourth-order valence-corrected chi connectivity index (χ4v) is 2.84. The Morgan fingerprint density at radius 3 is 2.71 bits per heavy atom. The molecule has 1 heterocycles. The highest BCUT2D eigenvalue weighted by atomic mass is 16.5. The summed E-state index contributed by atoms with van der Waals surface area (Å²) in [5, 5.41) is 1.32. The Kier molecular flexibility index (Phi) is 6.16. The van der Waals surface area contributed by atoms with Gasteiger partial charge >= 0.3 is 0 Å². The number of aryl methyl sites for hydroxylation is 1. The van der Waals surface area contributed by atoms with Gasteiger partial charge < -0.3 is 9.72 Å². The van der Waals surface area contributed by atoms with Gasteiger partial charge in [-0.1, -0.05) is 46.5 Å². The number of ether oxygens (including phenoxy) is 1. The van der Waals surface area contributed by atoms with Crippen molar-refractivity contribution in [3.63, 3.8) is 0 Å². The topological polar surface area (TPSA) is 25.0 Å². The summed E-state index contributed by atoms with van der Waals surface area (Å²) in [5.41, 5.74) is 2.61. The first-order chi connectivity index (χ1) is 10.3. The minimum atomic E-state index is 0.682. The van der Waals surface area contributed by atoms with E-state index in [9.17, 15) is 0 Å². The quantitative estimate of drug-likeness (QED) is 0.627. The molecule has 0 spiro atoms. The molecule has 0 bridgehead atoms. The lowest BCUT2D eigenvalue weighted by Crippen LogP contribution is -2.11. The molecule has 2 heteroatoms. The predicted molar refractivity (Wildman–Crippen MR) is 91.1 cm³/mol. The average Bonchev–Trinajstić information content (AvgIpc) is 2.90. The molecule has 0 aliphatic heterocycles. The van der Waals surface area contributed by atoms with E-state index in [-0.39, 0.29) is 0 Å². The molecule has 1 N–H and O–H groups in total. The smallest absolute Gasteiger partial charge is 0.120 e. The Balaban J connectivity index is 2.02. The van der Waals surface area contributed by atoms with Crippen LogP contribution in [0.15, 0.2) is 24.4 Å². The third kappa shape index (κ3) is 4.26. The van der Waals surface area contributed by atoms with E-state index < -0.39 is 0 Å². The number of benzene rings is 1. The van der Waals surface area contributed by atoms with Gasteiger partial charge in [0.15, 0.2) is 0 Å². The molecule has 1 unspecified atom stereocenters. The fourth-order valence-electron chi connectivity index (χ4n) is 2.84. The molecule has 1 aromatic carbocycles. The molecular weight excluding hydrogens is 258 g/mol. The minimum absolute atomic E-state index is 0.682. The molecule has 0 fully saturated rings. The molecule has 2 nitrogen and oxygen atoms in total. The van der Waals surface area contributed by atoms with E-state index in [1.54, 1.807) is 0 Å². The first-order valence-corrected chi connectivity index (χ1v) is 8.51. The normalized spacial score (nSPS) is 12.7. The van der Waals surface area contributed by atoms with Crippen LogP contribution in [0.5, 0.6) is 5.75 Å². The second-order valence-corrected chi connectivity index (χ2v) is 6.00. The van der Waals surface area contributed by atoms with E-state index in [0.717, 1.165) is 18.8 Å². The van der Waals surface area contributed by atoms with E-state index in [1.165, 1.54) is 48.6 Å². The summed E-state index contributed by atoms with van der Waals surface area (Å²) in [5.74, 6) is 1.69. The second-order valence-electron chi connectivity index (χ2n) is 6.00. The lowest BCUT2D eigenvalue weighted by molar-refractivity contribution is 0.233. The van der Waals surface area contributed by atoms with Gasteiger partial charge in [-0.05, 0) is 42.5 Å². The number of nitrogens with one attached hydrogen (secondary N) is 1. The summed E-state index contributed by atoms with van der Waals surface area (Å²) >= 11 is 0. The Hall–Kier alpha value is -1.44. The van der Waals surface area contributed by atoms with Crippen molar-refractivity contribution in [2.45, 2.75) is 59.3 Å². The number of rotatable bonds is 9. The second kappa shape index (κ2) is 8.11. The molecule has 0 radical (unpaired) electrons. The number of aromatic nitrogens is 1. The number of hydrogen-bond acceptors (Lipinski definition) is 1. The van der Waals surface area contributed by atoms with Gasteiger partial charge in [-0.2, -0.15) is 0 Å². The van der Waals surface area contributed by atoms with Gasteiger partial charge in [-0.25, -0.2) is 0 Å². The van der Waals surface area contributed by atoms with Crippen LogP contribution in [0.2, 0.25) is 0 Å². The summed E-state index contributed by atoms with van der Waals surface area (Å²) in [6, 6.07) is 6.42. The molecular formula is C19H29NO. The highest BCUT2D eigenvalue weighted by molar-refractivity contribution is 5.84. The molecule has 0 saturated carbocycles. The number of H-pyrrole nitrogens is 1. The third-order valence-electron chi connectivity index (χ3n) is 4.29. The van der Waals surface area contributed by atoms with Crippen LogP contribution < -0.4 is 4.74 Å². The number of fused-ring (bicyclic) bond motifs is 1. The van der Waals surface area contributed by atoms with Crippen molar-refractivity contribution in [2.75, 3.05) is 6.61 Å². The number of unbranched alkanes of at least 4 members (excludes halogenated alkanes) is 1. The first-order valence-electron chi connectivity index (χ1n) is 8.51. The van der Waals surface area contributed by atoms with Gasteiger partial charge in [0, 0.05) is 17.1 Å². The van der Waals surface area contributed by atoms with Crippen molar-refractivity contribution in [1.82, 2.24) is 4.98 Å². The van der Waals surface area contributed by atoms with E-state index >= 15 is 0 Å². The van der Waals surface area contributed by atoms with Crippen molar-refractivity contribution in [2.24, 2.45) is 5.92 Å². The van der Waals surface area contributed by atoms with Crippen LogP contribution in [0.3, 0.4) is 0 Å². The van der Waals surface area contributed by atoms with Crippen molar-refractivity contribution in [1.29, 1.82) is 0 Å². The summed E-state index contributed by atoms with van der Waals surface area (Å²) in [4.78, 5) is 3.35. The van der Waals surface area contributed by atoms with Gasteiger partial charge in [-0.3, -0.25) is 0 Å². The SMILES string of the molecule is CCCCC(CC)COc1ccc2[nH]cc(CCC)c2c1. The van der Waals surface area contributed by atoms with Crippen LogP contribution >= 0.6 is 0 Å². The molecule has 1 aromatic heterocycles. The standard InChI is InChI=1S/C19H29NO/c1-4-7-9-15(6-3)14-21-17-10-11-19-18(12-17)16(8-5-2)13-20-19/h10-13,15,20H,4-9,14H2,1-3H3. The van der Waals surface area contributed by atoms with Crippen LogP contribution in [-0.2, 0) is 6.42 Å². The van der Waals surface area contributed by atoms with Crippen molar-refractivity contribution in [3.8, 4) is 5.75 Å². The summed E-state index contributed by atoms with van der Waals surface area (Å²) < 4.78 is 6.05. The maximum absolute atomic E-state index is 6.05. The average molecular weight is 287 g/mol. The molecule has 1 atom stereocenters. The third-order valence-corrected chi connectivity index (χ3v) is 4.29. The van der Waals surface area contributed by atoms with Crippen LogP contribution in [-0.4, -0.2) is 11.6 Å². The van der Waals surface area contributed by atoms with Gasteiger partial charge in [0.05, 0.1) is 6.61 Å².